The van der Waals surface area contributed by atoms with Crippen LogP contribution in [0.1, 0.15) is 19.3 Å². The van der Waals surface area contributed by atoms with Crippen molar-refractivity contribution in [3.8, 4) is 0 Å². The van der Waals surface area contributed by atoms with Crippen molar-refractivity contribution in [1.29, 1.82) is 0 Å². The number of carbonyl (C=O) groups excluding carboxylic acids is 1. The summed E-state index contributed by atoms with van der Waals surface area (Å²) in [5, 5.41) is 5.47. The predicted octanol–water partition coefficient (Wildman–Crippen LogP) is 2.05. The minimum atomic E-state index is 0.257. The van der Waals surface area contributed by atoms with Crippen molar-refractivity contribution < 1.29 is 4.79 Å². The maximum absolute atomic E-state index is 12.0. The number of amides is 1. The highest BCUT2D eigenvalue weighted by Gasteiger charge is 2.17. The fourth-order valence-corrected chi connectivity index (χ4v) is 2.53. The molecule has 1 aromatic carbocycles. The number of para-hydroxylation sites is 1. The Bertz CT molecular complexity index is 555. The van der Waals surface area contributed by atoms with Crippen LogP contribution in [-0.2, 0) is 11.3 Å². The van der Waals surface area contributed by atoms with E-state index in [0.717, 1.165) is 36.8 Å². The van der Waals surface area contributed by atoms with E-state index in [1.165, 1.54) is 0 Å². The molecule has 1 aliphatic heterocycles. The van der Waals surface area contributed by atoms with Crippen molar-refractivity contribution in [3.63, 3.8) is 0 Å². The lowest BCUT2D eigenvalue weighted by atomic mass is 10.2. The van der Waals surface area contributed by atoms with Crippen molar-refractivity contribution in [2.24, 2.45) is 0 Å². The Morgan fingerprint density at radius 2 is 2.00 bits per heavy atom. The molecule has 0 N–H and O–H groups in total. The lowest BCUT2D eigenvalue weighted by Crippen LogP contribution is -2.28. The van der Waals surface area contributed by atoms with Gasteiger partial charge in [-0.15, -0.1) is 0 Å². The van der Waals surface area contributed by atoms with Crippen LogP contribution in [0, 0.1) is 0 Å². The van der Waals surface area contributed by atoms with E-state index in [2.05, 4.69) is 5.10 Å². The first kappa shape index (κ1) is 11.3. The Morgan fingerprint density at radius 1 is 1.22 bits per heavy atom. The lowest BCUT2D eigenvalue weighted by molar-refractivity contribution is -0.130. The molecule has 1 saturated heterocycles. The van der Waals surface area contributed by atoms with Crippen LogP contribution in [0.4, 0.5) is 0 Å². The molecule has 94 valence electrons. The Kier molecular flexibility index (Phi) is 3.00. The van der Waals surface area contributed by atoms with Gasteiger partial charge in [-0.25, -0.2) is 0 Å². The van der Waals surface area contributed by atoms with Crippen molar-refractivity contribution in [3.05, 3.63) is 30.5 Å². The Hall–Kier alpha value is -1.84. The van der Waals surface area contributed by atoms with Crippen LogP contribution >= 0.6 is 0 Å². The molecular formula is C14H17N3O. The van der Waals surface area contributed by atoms with Gasteiger partial charge >= 0.3 is 0 Å². The highest BCUT2D eigenvalue weighted by atomic mass is 16.2. The zero-order chi connectivity index (χ0) is 12.4. The van der Waals surface area contributed by atoms with E-state index < -0.39 is 0 Å². The maximum atomic E-state index is 12.0. The topological polar surface area (TPSA) is 38.1 Å². The van der Waals surface area contributed by atoms with Gasteiger partial charge in [0.2, 0.25) is 5.91 Å². The zero-order valence-corrected chi connectivity index (χ0v) is 10.4. The molecule has 0 atom stereocenters. The minimum Gasteiger partial charge on any atom is -0.343 e. The van der Waals surface area contributed by atoms with Gasteiger partial charge < -0.3 is 4.90 Å². The zero-order valence-electron chi connectivity index (χ0n) is 10.4. The first-order valence-corrected chi connectivity index (χ1v) is 6.53. The average molecular weight is 243 g/mol. The third-order valence-corrected chi connectivity index (χ3v) is 3.55. The van der Waals surface area contributed by atoms with Crippen LogP contribution in [0.3, 0.4) is 0 Å². The molecule has 1 amide bonds. The second-order valence-electron chi connectivity index (χ2n) is 4.76. The van der Waals surface area contributed by atoms with Crippen LogP contribution in [0.2, 0.25) is 0 Å². The molecule has 18 heavy (non-hydrogen) atoms. The number of carbonyl (C=O) groups is 1. The SMILES string of the molecule is O=C(CCn1ncc2ccccc21)N1CCCC1. The molecule has 1 aliphatic rings. The van der Waals surface area contributed by atoms with Crippen LogP contribution in [-0.4, -0.2) is 33.7 Å². The molecule has 4 heteroatoms. The van der Waals surface area contributed by atoms with Gasteiger partial charge in [0.05, 0.1) is 18.3 Å². The Morgan fingerprint density at radius 3 is 2.83 bits per heavy atom. The highest BCUT2D eigenvalue weighted by molar-refractivity contribution is 5.79. The smallest absolute Gasteiger partial charge is 0.224 e. The van der Waals surface area contributed by atoms with Gasteiger partial charge in [-0.1, -0.05) is 18.2 Å². The van der Waals surface area contributed by atoms with E-state index in [4.69, 9.17) is 0 Å². The average Bonchev–Trinajstić information content (AvgIpc) is 3.06. The number of rotatable bonds is 3. The molecule has 0 saturated carbocycles. The highest BCUT2D eigenvalue weighted by Crippen LogP contribution is 2.14. The summed E-state index contributed by atoms with van der Waals surface area (Å²) in [6.45, 7) is 2.53. The van der Waals surface area contributed by atoms with E-state index in [9.17, 15) is 4.79 Å². The lowest BCUT2D eigenvalue weighted by Gasteiger charge is -2.15. The van der Waals surface area contributed by atoms with Crippen LogP contribution in [0.25, 0.3) is 10.9 Å². The molecule has 3 rings (SSSR count). The summed E-state index contributed by atoms with van der Waals surface area (Å²) in [7, 11) is 0. The molecule has 2 aromatic rings. The molecule has 1 fully saturated rings. The number of hydrogen-bond donors (Lipinski definition) is 0. The quantitative estimate of drug-likeness (QED) is 0.827. The normalized spacial score (nSPS) is 15.4. The Balaban J connectivity index is 1.67. The maximum Gasteiger partial charge on any atom is 0.224 e. The number of aryl methyl sites for hydroxylation is 1. The molecule has 4 nitrogen and oxygen atoms in total. The van der Waals surface area contributed by atoms with Gasteiger partial charge in [-0.2, -0.15) is 5.10 Å². The van der Waals surface area contributed by atoms with Gasteiger partial charge in [0, 0.05) is 24.9 Å². The van der Waals surface area contributed by atoms with Crippen molar-refractivity contribution in [2.45, 2.75) is 25.8 Å². The monoisotopic (exact) mass is 243 g/mol. The summed E-state index contributed by atoms with van der Waals surface area (Å²) >= 11 is 0. The minimum absolute atomic E-state index is 0.257. The largest absolute Gasteiger partial charge is 0.343 e. The summed E-state index contributed by atoms with van der Waals surface area (Å²) in [5.74, 6) is 0.257. The number of nitrogens with zero attached hydrogens (tertiary/aromatic N) is 3. The van der Waals surface area contributed by atoms with Crippen molar-refractivity contribution in [2.75, 3.05) is 13.1 Å². The summed E-state index contributed by atoms with van der Waals surface area (Å²) in [6.07, 6.45) is 4.70. The first-order chi connectivity index (χ1) is 8.84. The summed E-state index contributed by atoms with van der Waals surface area (Å²) in [6, 6.07) is 8.09. The van der Waals surface area contributed by atoms with Gasteiger partial charge in [0.1, 0.15) is 0 Å². The summed E-state index contributed by atoms with van der Waals surface area (Å²) in [5.41, 5.74) is 1.10. The number of benzene rings is 1. The summed E-state index contributed by atoms with van der Waals surface area (Å²) < 4.78 is 1.92. The number of fused-ring (bicyclic) bond motifs is 1. The standard InChI is InChI=1S/C14H17N3O/c18-14(16-8-3-4-9-16)7-10-17-13-6-2-1-5-12(13)11-15-17/h1-2,5-6,11H,3-4,7-10H2. The predicted molar refractivity (Wildman–Crippen MR) is 70.2 cm³/mol. The van der Waals surface area contributed by atoms with E-state index in [0.29, 0.717) is 13.0 Å². The van der Waals surface area contributed by atoms with E-state index >= 15 is 0 Å². The molecule has 2 heterocycles. The van der Waals surface area contributed by atoms with E-state index in [-0.39, 0.29) is 5.91 Å². The van der Waals surface area contributed by atoms with Crippen LogP contribution < -0.4 is 0 Å². The van der Waals surface area contributed by atoms with Gasteiger partial charge in [0.25, 0.3) is 0 Å². The molecule has 1 aromatic heterocycles. The second kappa shape index (κ2) is 4.80. The van der Waals surface area contributed by atoms with Crippen LogP contribution in [0.5, 0.6) is 0 Å². The number of hydrogen-bond acceptors (Lipinski definition) is 2. The third-order valence-electron chi connectivity index (χ3n) is 3.55. The molecule has 0 radical (unpaired) electrons. The van der Waals surface area contributed by atoms with Crippen LogP contribution in [0.15, 0.2) is 30.5 Å². The molecule has 0 spiro atoms. The first-order valence-electron chi connectivity index (χ1n) is 6.53. The van der Waals surface area contributed by atoms with Gasteiger partial charge in [-0.3, -0.25) is 9.48 Å². The number of likely N-dealkylation sites (tertiary alicyclic amines) is 1. The molecular weight excluding hydrogens is 226 g/mol. The Labute approximate surface area is 106 Å². The van der Waals surface area contributed by atoms with Gasteiger partial charge in [-0.05, 0) is 18.9 Å². The molecule has 0 unspecified atom stereocenters. The van der Waals surface area contributed by atoms with Crippen molar-refractivity contribution in [1.82, 2.24) is 14.7 Å². The third kappa shape index (κ3) is 2.10. The van der Waals surface area contributed by atoms with E-state index in [1.807, 2.05) is 40.0 Å². The fraction of sp³-hybridized carbons (Fsp3) is 0.429. The van der Waals surface area contributed by atoms with Crippen molar-refractivity contribution >= 4 is 16.8 Å². The summed E-state index contributed by atoms with van der Waals surface area (Å²) in [4.78, 5) is 13.9. The molecule has 0 aliphatic carbocycles. The fourth-order valence-electron chi connectivity index (χ4n) is 2.53. The second-order valence-corrected chi connectivity index (χ2v) is 4.76. The number of aromatic nitrogens is 2. The van der Waals surface area contributed by atoms with Gasteiger partial charge in [0.15, 0.2) is 0 Å². The molecule has 0 bridgehead atoms. The van der Waals surface area contributed by atoms with E-state index in [1.54, 1.807) is 0 Å².